The Balaban J connectivity index is 1.21. The first kappa shape index (κ1) is 31.0. The molecule has 1 aliphatic heterocycles. The van der Waals surface area contributed by atoms with Crippen LogP contribution in [0.4, 0.5) is 22.7 Å². The first-order valence-electron chi connectivity index (χ1n) is 15.8. The molecule has 10 nitrogen and oxygen atoms in total. The molecule has 0 spiro atoms. The summed E-state index contributed by atoms with van der Waals surface area (Å²) in [5.41, 5.74) is 5.24. The smallest absolute Gasteiger partial charge is 0.238 e. The topological polar surface area (TPSA) is 129 Å². The number of allylic oxidation sites excluding steroid dienone is 6. The minimum Gasteiger partial charge on any atom is -0.508 e. The van der Waals surface area contributed by atoms with Crippen LogP contribution in [-0.4, -0.2) is 49.7 Å². The number of ether oxygens (including phenoxy) is 1. The highest BCUT2D eigenvalue weighted by atomic mass is 16.5. The van der Waals surface area contributed by atoms with Crippen molar-refractivity contribution in [2.24, 2.45) is 28.0 Å². The van der Waals surface area contributed by atoms with E-state index in [4.69, 9.17) is 4.74 Å². The van der Waals surface area contributed by atoms with Gasteiger partial charge in [0.1, 0.15) is 11.5 Å². The van der Waals surface area contributed by atoms with Crippen molar-refractivity contribution in [3.8, 4) is 11.5 Å². The number of anilines is 2. The highest BCUT2D eigenvalue weighted by Crippen LogP contribution is 2.56. The lowest BCUT2D eigenvalue weighted by Crippen LogP contribution is -2.39. The monoisotopic (exact) mass is 642 g/mol. The maximum absolute atomic E-state index is 14.3. The summed E-state index contributed by atoms with van der Waals surface area (Å²) in [5.74, 6) is -3.24. The Kier molecular flexibility index (Phi) is 7.66. The van der Waals surface area contributed by atoms with Gasteiger partial charge in [0.15, 0.2) is 11.6 Å². The maximum Gasteiger partial charge on any atom is 0.238 e. The third-order valence-corrected chi connectivity index (χ3v) is 9.85. The third-order valence-electron chi connectivity index (χ3n) is 9.85. The average Bonchev–Trinajstić information content (AvgIpc) is 3.34. The largest absolute Gasteiger partial charge is 0.508 e. The van der Waals surface area contributed by atoms with Crippen molar-refractivity contribution in [1.82, 2.24) is 0 Å². The van der Waals surface area contributed by atoms with Gasteiger partial charge >= 0.3 is 0 Å². The molecule has 1 N–H and O–H groups in total. The predicted octanol–water partition coefficient (Wildman–Crippen LogP) is 6.52. The maximum atomic E-state index is 14.3. The fourth-order valence-electron chi connectivity index (χ4n) is 7.53. The molecular weight excluding hydrogens is 608 g/mol. The van der Waals surface area contributed by atoms with E-state index >= 15 is 0 Å². The van der Waals surface area contributed by atoms with E-state index in [0.29, 0.717) is 51.5 Å². The SMILES string of the molecule is COc1cc(O)ccc1[C@H]1C2=CC[C@@H]3C(=O)N(c4ccc(N=Nc5ccc(N(C)C)cc5)cc4)C(=O)[C@@H]3[C@@H]2CC2=C1C(=O)C=C(C)C2=O. The van der Waals surface area contributed by atoms with Gasteiger partial charge in [0.25, 0.3) is 0 Å². The van der Waals surface area contributed by atoms with E-state index in [2.05, 4.69) is 10.2 Å². The normalized spacial score (nSPS) is 23.5. The summed E-state index contributed by atoms with van der Waals surface area (Å²) in [6, 6.07) is 19.1. The number of methoxy groups -OCH3 is 1. The number of phenolic OH excluding ortho intramolecular Hbond substituents is 1. The Morgan fingerprint density at radius 1 is 0.875 bits per heavy atom. The Morgan fingerprint density at radius 3 is 2.19 bits per heavy atom. The van der Waals surface area contributed by atoms with Gasteiger partial charge in [0.05, 0.1) is 36.0 Å². The van der Waals surface area contributed by atoms with E-state index in [1.807, 2.05) is 49.3 Å². The van der Waals surface area contributed by atoms with Gasteiger partial charge in [-0.15, -0.1) is 0 Å². The van der Waals surface area contributed by atoms with Crippen LogP contribution in [0, 0.1) is 17.8 Å². The molecule has 3 aliphatic carbocycles. The molecule has 7 rings (SSSR count). The molecule has 0 radical (unpaired) electrons. The molecule has 1 fully saturated rings. The van der Waals surface area contributed by atoms with Crippen LogP contribution in [0.5, 0.6) is 11.5 Å². The predicted molar refractivity (Wildman–Crippen MR) is 180 cm³/mol. The van der Waals surface area contributed by atoms with Crippen LogP contribution in [0.25, 0.3) is 0 Å². The Morgan fingerprint density at radius 2 is 1.54 bits per heavy atom. The van der Waals surface area contributed by atoms with E-state index in [-0.39, 0.29) is 35.6 Å². The van der Waals surface area contributed by atoms with Crippen molar-refractivity contribution in [2.75, 3.05) is 31.0 Å². The van der Waals surface area contributed by atoms with Gasteiger partial charge in [-0.1, -0.05) is 17.7 Å². The van der Waals surface area contributed by atoms with Crippen LogP contribution in [0.2, 0.25) is 0 Å². The van der Waals surface area contributed by atoms with Gasteiger partial charge in [-0.25, -0.2) is 0 Å². The van der Waals surface area contributed by atoms with Crippen LogP contribution in [0.3, 0.4) is 0 Å². The molecule has 48 heavy (non-hydrogen) atoms. The van der Waals surface area contributed by atoms with Crippen LogP contribution < -0.4 is 14.5 Å². The number of hydrogen-bond acceptors (Lipinski definition) is 9. The van der Waals surface area contributed by atoms with E-state index < -0.39 is 23.7 Å². The van der Waals surface area contributed by atoms with Crippen molar-refractivity contribution < 1.29 is 29.0 Å². The molecular formula is C38H34N4O6. The lowest BCUT2D eigenvalue weighted by Gasteiger charge is -2.42. The summed E-state index contributed by atoms with van der Waals surface area (Å²) < 4.78 is 5.62. The second-order valence-corrected chi connectivity index (χ2v) is 12.8. The number of phenols is 1. The van der Waals surface area contributed by atoms with E-state index in [0.717, 1.165) is 11.3 Å². The molecule has 2 amide bonds. The lowest BCUT2D eigenvalue weighted by atomic mass is 9.59. The van der Waals surface area contributed by atoms with Gasteiger partial charge in [0, 0.05) is 54.0 Å². The number of benzene rings is 3. The Hall–Kier alpha value is -5.64. The number of rotatable bonds is 6. The minimum absolute atomic E-state index is 0.00463. The molecule has 0 bridgehead atoms. The van der Waals surface area contributed by atoms with Gasteiger partial charge in [-0.2, -0.15) is 10.2 Å². The quantitative estimate of drug-likeness (QED) is 0.140. The van der Waals surface area contributed by atoms with Gasteiger partial charge in [0.2, 0.25) is 11.8 Å². The summed E-state index contributed by atoms with van der Waals surface area (Å²) in [6.45, 7) is 1.62. The standard InChI is InChI=1S/C38H34N4O6/c1-20-17-31(44)35-30(36(20)45)19-29-26(33(35)27-14-13-25(43)18-32(27)48-4)15-16-28-34(29)38(47)42(37(28)46)24-11-7-22(8-12-24)40-39-21-5-9-23(10-6-21)41(2)3/h5-15,17-18,28-29,33-34,43H,16,19H2,1-4H3/t28-,29+,33+,34-/m0/s1. The minimum atomic E-state index is -0.712. The molecule has 0 unspecified atom stereocenters. The van der Waals surface area contributed by atoms with Crippen molar-refractivity contribution in [3.05, 3.63) is 107 Å². The average molecular weight is 643 g/mol. The molecule has 0 aromatic heterocycles. The van der Waals surface area contributed by atoms with Crippen molar-refractivity contribution in [3.63, 3.8) is 0 Å². The second kappa shape index (κ2) is 11.9. The molecule has 242 valence electrons. The third kappa shape index (κ3) is 5.04. The number of carbonyl (C=O) groups is 4. The van der Waals surface area contributed by atoms with Crippen LogP contribution >= 0.6 is 0 Å². The number of amides is 2. The Bertz CT molecular complexity index is 2010. The van der Waals surface area contributed by atoms with Crippen LogP contribution in [0.15, 0.2) is 111 Å². The molecule has 3 aromatic rings. The number of nitrogens with zero attached hydrogens (tertiary/aromatic N) is 4. The summed E-state index contributed by atoms with van der Waals surface area (Å²) in [5, 5.41) is 18.8. The van der Waals surface area contributed by atoms with E-state index in [1.165, 1.54) is 30.2 Å². The summed E-state index contributed by atoms with van der Waals surface area (Å²) in [6.07, 6.45) is 3.81. The Labute approximate surface area is 277 Å². The number of aromatic hydroxyl groups is 1. The summed E-state index contributed by atoms with van der Waals surface area (Å²) in [4.78, 5) is 58.5. The summed E-state index contributed by atoms with van der Waals surface area (Å²) in [7, 11) is 5.40. The van der Waals surface area contributed by atoms with Gasteiger partial charge in [-0.3, -0.25) is 24.1 Å². The molecule has 1 saturated heterocycles. The number of azo groups is 1. The lowest BCUT2D eigenvalue weighted by molar-refractivity contribution is -0.123. The van der Waals surface area contributed by atoms with Crippen molar-refractivity contribution in [1.29, 1.82) is 0 Å². The zero-order valence-corrected chi connectivity index (χ0v) is 27.0. The first-order chi connectivity index (χ1) is 23.1. The molecule has 10 heteroatoms. The number of hydrogen-bond donors (Lipinski definition) is 1. The van der Waals surface area contributed by atoms with E-state index in [9.17, 15) is 24.3 Å². The van der Waals surface area contributed by atoms with Crippen molar-refractivity contribution >= 4 is 46.1 Å². The highest BCUT2D eigenvalue weighted by Gasteiger charge is 2.56. The van der Waals surface area contributed by atoms with Gasteiger partial charge in [-0.05, 0) is 86.4 Å². The molecule has 0 saturated carbocycles. The number of fused-ring (bicyclic) bond motifs is 3. The molecule has 1 heterocycles. The van der Waals surface area contributed by atoms with Crippen molar-refractivity contribution in [2.45, 2.75) is 25.7 Å². The zero-order chi connectivity index (χ0) is 33.9. The van der Waals surface area contributed by atoms with Crippen LogP contribution in [0.1, 0.15) is 31.2 Å². The number of carbonyl (C=O) groups excluding carboxylic acids is 4. The summed E-state index contributed by atoms with van der Waals surface area (Å²) >= 11 is 0. The molecule has 4 atom stereocenters. The molecule has 4 aliphatic rings. The number of Topliss-reactive ketones (excluding diaryl/α,β-unsaturated/α-hetero) is 1. The van der Waals surface area contributed by atoms with Gasteiger partial charge < -0.3 is 14.7 Å². The number of imide groups is 1. The first-order valence-corrected chi connectivity index (χ1v) is 15.8. The zero-order valence-electron chi connectivity index (χ0n) is 27.0. The van der Waals surface area contributed by atoms with Crippen LogP contribution in [-0.2, 0) is 19.2 Å². The van der Waals surface area contributed by atoms with E-state index in [1.54, 1.807) is 37.3 Å². The molecule has 3 aromatic carbocycles. The second-order valence-electron chi connectivity index (χ2n) is 12.8. The fraction of sp³-hybridized carbons (Fsp3) is 0.263. The number of ketones is 2. The highest BCUT2D eigenvalue weighted by molar-refractivity contribution is 6.25. The fourth-order valence-corrected chi connectivity index (χ4v) is 7.53.